The van der Waals surface area contributed by atoms with Gasteiger partial charge < -0.3 is 9.64 Å². The molecule has 0 amide bonds. The highest BCUT2D eigenvalue weighted by Crippen LogP contribution is 2.40. The molecule has 3 aliphatic rings. The van der Waals surface area contributed by atoms with E-state index < -0.39 is 0 Å². The van der Waals surface area contributed by atoms with Crippen molar-refractivity contribution in [2.75, 3.05) is 18.0 Å². The van der Waals surface area contributed by atoms with Crippen molar-refractivity contribution in [1.29, 1.82) is 0 Å². The average Bonchev–Trinajstić information content (AvgIpc) is 3.19. The molecule has 3 heterocycles. The maximum absolute atomic E-state index is 6.29. The van der Waals surface area contributed by atoms with Crippen molar-refractivity contribution < 1.29 is 4.74 Å². The first-order valence-electron chi connectivity index (χ1n) is 7.15. The standard InChI is InChI=1S/C14H18ClN3O/c1-8-12(15)16-13(9-2-3-9)17-14(8)18-6-10-4-5-11(7-18)19-10/h9-11H,2-7H2,1H3. The van der Waals surface area contributed by atoms with Crippen LogP contribution in [-0.2, 0) is 4.74 Å². The molecule has 2 unspecified atom stereocenters. The van der Waals surface area contributed by atoms with Crippen molar-refractivity contribution in [3.8, 4) is 0 Å². The zero-order valence-electron chi connectivity index (χ0n) is 11.1. The number of morpholine rings is 1. The molecule has 0 spiro atoms. The van der Waals surface area contributed by atoms with E-state index in [4.69, 9.17) is 21.3 Å². The minimum atomic E-state index is 0.372. The van der Waals surface area contributed by atoms with E-state index in [0.717, 1.165) is 30.3 Å². The number of halogens is 1. The van der Waals surface area contributed by atoms with Gasteiger partial charge in [-0.1, -0.05) is 11.6 Å². The fourth-order valence-corrected chi connectivity index (χ4v) is 3.28. The third-order valence-corrected chi connectivity index (χ3v) is 4.73. The van der Waals surface area contributed by atoms with Gasteiger partial charge in [0.05, 0.1) is 12.2 Å². The summed E-state index contributed by atoms with van der Waals surface area (Å²) in [6.45, 7) is 3.90. The van der Waals surface area contributed by atoms with Gasteiger partial charge in [0.2, 0.25) is 0 Å². The average molecular weight is 280 g/mol. The lowest BCUT2D eigenvalue weighted by atomic mass is 10.2. The summed E-state index contributed by atoms with van der Waals surface area (Å²) in [4.78, 5) is 11.6. The Bertz CT molecular complexity index is 506. The summed E-state index contributed by atoms with van der Waals surface area (Å²) in [5.41, 5.74) is 1.01. The van der Waals surface area contributed by atoms with Crippen LogP contribution in [-0.4, -0.2) is 35.3 Å². The van der Waals surface area contributed by atoms with Crippen LogP contribution < -0.4 is 4.90 Å². The van der Waals surface area contributed by atoms with Crippen molar-refractivity contribution in [2.24, 2.45) is 0 Å². The van der Waals surface area contributed by atoms with Crippen LogP contribution in [0, 0.1) is 6.92 Å². The van der Waals surface area contributed by atoms with Gasteiger partial charge in [0, 0.05) is 24.6 Å². The predicted octanol–water partition coefficient (Wildman–Crippen LogP) is 2.68. The molecule has 1 aromatic rings. The molecule has 19 heavy (non-hydrogen) atoms. The van der Waals surface area contributed by atoms with Crippen molar-refractivity contribution >= 4 is 17.4 Å². The molecule has 2 bridgehead atoms. The minimum absolute atomic E-state index is 0.372. The van der Waals surface area contributed by atoms with E-state index in [0.29, 0.717) is 23.3 Å². The molecule has 1 aromatic heterocycles. The smallest absolute Gasteiger partial charge is 0.137 e. The van der Waals surface area contributed by atoms with Crippen LogP contribution in [0.1, 0.15) is 43.0 Å². The number of nitrogens with zero attached hydrogens (tertiary/aromatic N) is 3. The van der Waals surface area contributed by atoms with Gasteiger partial charge in [0.15, 0.2) is 0 Å². The lowest BCUT2D eigenvalue weighted by Crippen LogP contribution is -2.43. The van der Waals surface area contributed by atoms with E-state index >= 15 is 0 Å². The quantitative estimate of drug-likeness (QED) is 0.780. The van der Waals surface area contributed by atoms with Crippen molar-refractivity contribution in [1.82, 2.24) is 9.97 Å². The molecular weight excluding hydrogens is 262 g/mol. The maximum atomic E-state index is 6.29. The highest BCUT2D eigenvalue weighted by Gasteiger charge is 2.36. The van der Waals surface area contributed by atoms with E-state index in [1.807, 2.05) is 6.92 Å². The van der Waals surface area contributed by atoms with Gasteiger partial charge >= 0.3 is 0 Å². The third kappa shape index (κ3) is 2.11. The van der Waals surface area contributed by atoms with E-state index in [9.17, 15) is 0 Å². The Morgan fingerprint density at radius 1 is 1.11 bits per heavy atom. The topological polar surface area (TPSA) is 38.2 Å². The molecule has 1 aliphatic carbocycles. The summed E-state index contributed by atoms with van der Waals surface area (Å²) >= 11 is 6.29. The summed E-state index contributed by atoms with van der Waals surface area (Å²) in [6.07, 6.45) is 5.50. The van der Waals surface area contributed by atoms with E-state index in [-0.39, 0.29) is 0 Å². The molecule has 0 radical (unpaired) electrons. The monoisotopic (exact) mass is 279 g/mol. The predicted molar refractivity (Wildman–Crippen MR) is 73.9 cm³/mol. The first-order valence-corrected chi connectivity index (χ1v) is 7.53. The van der Waals surface area contributed by atoms with Crippen LogP contribution in [0.5, 0.6) is 0 Å². The SMILES string of the molecule is Cc1c(Cl)nc(C2CC2)nc1N1CC2CCC(C1)O2. The van der Waals surface area contributed by atoms with Crippen LogP contribution in [0.3, 0.4) is 0 Å². The Hall–Kier alpha value is -0.870. The molecule has 102 valence electrons. The van der Waals surface area contributed by atoms with Crippen molar-refractivity contribution in [3.05, 3.63) is 16.5 Å². The maximum Gasteiger partial charge on any atom is 0.137 e. The van der Waals surface area contributed by atoms with Crippen LogP contribution in [0.25, 0.3) is 0 Å². The first-order chi connectivity index (χ1) is 9.20. The second kappa shape index (κ2) is 4.32. The van der Waals surface area contributed by atoms with Crippen LogP contribution in [0.4, 0.5) is 5.82 Å². The van der Waals surface area contributed by atoms with Gasteiger partial charge in [0.1, 0.15) is 16.8 Å². The second-order valence-electron chi connectivity index (χ2n) is 5.96. The molecular formula is C14H18ClN3O. The number of fused-ring (bicyclic) bond motifs is 2. The molecule has 4 rings (SSSR count). The van der Waals surface area contributed by atoms with Crippen molar-refractivity contribution in [2.45, 2.75) is 50.7 Å². The van der Waals surface area contributed by atoms with Crippen molar-refractivity contribution in [3.63, 3.8) is 0 Å². The fraction of sp³-hybridized carbons (Fsp3) is 0.714. The summed E-state index contributed by atoms with van der Waals surface area (Å²) in [6, 6.07) is 0. The van der Waals surface area contributed by atoms with Crippen LogP contribution in [0.15, 0.2) is 0 Å². The molecule has 0 N–H and O–H groups in total. The normalized spacial score (nSPS) is 29.9. The zero-order valence-corrected chi connectivity index (χ0v) is 11.9. The summed E-state index contributed by atoms with van der Waals surface area (Å²) in [7, 11) is 0. The lowest BCUT2D eigenvalue weighted by molar-refractivity contribution is 0.0301. The van der Waals surface area contributed by atoms with Gasteiger partial charge in [0.25, 0.3) is 0 Å². The van der Waals surface area contributed by atoms with Gasteiger partial charge in [-0.2, -0.15) is 0 Å². The molecule has 4 nitrogen and oxygen atoms in total. The van der Waals surface area contributed by atoms with E-state index in [1.165, 1.54) is 25.7 Å². The minimum Gasteiger partial charge on any atom is -0.371 e. The molecule has 5 heteroatoms. The van der Waals surface area contributed by atoms with Gasteiger partial charge in [-0.15, -0.1) is 0 Å². The lowest BCUT2D eigenvalue weighted by Gasteiger charge is -2.34. The van der Waals surface area contributed by atoms with Gasteiger partial charge in [-0.25, -0.2) is 9.97 Å². The molecule has 2 atom stereocenters. The number of aromatic nitrogens is 2. The molecule has 0 aromatic carbocycles. The molecule has 2 aliphatic heterocycles. The number of anilines is 1. The Balaban J connectivity index is 1.69. The van der Waals surface area contributed by atoms with Gasteiger partial charge in [-0.05, 0) is 32.6 Å². The third-order valence-electron chi connectivity index (χ3n) is 4.36. The number of rotatable bonds is 2. The highest BCUT2D eigenvalue weighted by molar-refractivity contribution is 6.30. The van der Waals surface area contributed by atoms with E-state index in [1.54, 1.807) is 0 Å². The fourth-order valence-electron chi connectivity index (χ4n) is 3.11. The molecule has 3 fully saturated rings. The molecule has 1 saturated carbocycles. The summed E-state index contributed by atoms with van der Waals surface area (Å²) in [5.74, 6) is 2.50. The zero-order chi connectivity index (χ0) is 13.0. The Morgan fingerprint density at radius 3 is 2.42 bits per heavy atom. The number of hydrogen-bond donors (Lipinski definition) is 0. The van der Waals surface area contributed by atoms with Crippen LogP contribution in [0.2, 0.25) is 5.15 Å². The number of hydrogen-bond acceptors (Lipinski definition) is 4. The molecule has 2 saturated heterocycles. The van der Waals surface area contributed by atoms with Gasteiger partial charge in [-0.3, -0.25) is 0 Å². The van der Waals surface area contributed by atoms with Crippen LogP contribution >= 0.6 is 11.6 Å². The largest absolute Gasteiger partial charge is 0.371 e. The Labute approximate surface area is 118 Å². The Morgan fingerprint density at radius 2 is 1.79 bits per heavy atom. The summed E-state index contributed by atoms with van der Waals surface area (Å²) in [5, 5.41) is 0.616. The van der Waals surface area contributed by atoms with E-state index in [2.05, 4.69) is 9.88 Å². The Kier molecular flexibility index (Phi) is 2.71. The summed E-state index contributed by atoms with van der Waals surface area (Å²) < 4.78 is 5.89. The second-order valence-corrected chi connectivity index (χ2v) is 6.32. The number of ether oxygens (including phenoxy) is 1. The highest BCUT2D eigenvalue weighted by atomic mass is 35.5. The first kappa shape index (κ1) is 11.9.